The predicted molar refractivity (Wildman–Crippen MR) is 112 cm³/mol. The first-order valence-corrected chi connectivity index (χ1v) is 9.95. The molecule has 2 N–H and O–H groups in total. The first kappa shape index (κ1) is 19.4. The van der Waals surface area contributed by atoms with Crippen molar-refractivity contribution >= 4 is 5.96 Å². The maximum absolute atomic E-state index is 4.36. The normalized spacial score (nSPS) is 15.9. The Balaban J connectivity index is 1.46. The quantitative estimate of drug-likeness (QED) is 0.585. The van der Waals surface area contributed by atoms with Crippen LogP contribution in [-0.2, 0) is 19.4 Å². The molecule has 1 aliphatic heterocycles. The van der Waals surface area contributed by atoms with Gasteiger partial charge in [0.1, 0.15) is 0 Å². The highest BCUT2D eigenvalue weighted by Crippen LogP contribution is 2.21. The molecule has 0 aliphatic carbocycles. The average Bonchev–Trinajstić information content (AvgIpc) is 2.73. The molecule has 1 atom stereocenters. The first-order chi connectivity index (χ1) is 13.3. The molecule has 1 aromatic carbocycles. The van der Waals surface area contributed by atoms with Crippen molar-refractivity contribution in [3.8, 4) is 0 Å². The molecule has 144 valence electrons. The fourth-order valence-corrected chi connectivity index (χ4v) is 3.65. The van der Waals surface area contributed by atoms with E-state index in [2.05, 4.69) is 62.8 Å². The zero-order chi connectivity index (χ0) is 18.9. The van der Waals surface area contributed by atoms with E-state index >= 15 is 0 Å². The molecule has 3 rings (SSSR count). The number of guanidine groups is 1. The largest absolute Gasteiger partial charge is 0.356 e. The lowest BCUT2D eigenvalue weighted by Crippen LogP contribution is -2.48. The molecule has 0 saturated carbocycles. The minimum absolute atomic E-state index is 0.507. The summed E-state index contributed by atoms with van der Waals surface area (Å²) in [6.45, 7) is 6.17. The number of hydrogen-bond donors (Lipinski definition) is 2. The molecule has 1 aromatic heterocycles. The Bertz CT molecular complexity index is 728. The van der Waals surface area contributed by atoms with Crippen LogP contribution in [0.25, 0.3) is 0 Å². The Hall–Kier alpha value is -2.40. The van der Waals surface area contributed by atoms with Crippen molar-refractivity contribution in [2.45, 2.75) is 38.8 Å². The average molecular weight is 366 g/mol. The summed E-state index contributed by atoms with van der Waals surface area (Å²) >= 11 is 0. The molecule has 5 nitrogen and oxygen atoms in total. The highest BCUT2D eigenvalue weighted by atomic mass is 15.2. The number of aliphatic imine (C=N–C) groups is 1. The Morgan fingerprint density at radius 1 is 1.15 bits per heavy atom. The van der Waals surface area contributed by atoms with Gasteiger partial charge < -0.3 is 10.6 Å². The highest BCUT2D eigenvalue weighted by molar-refractivity contribution is 5.79. The first-order valence-electron chi connectivity index (χ1n) is 9.95. The second-order valence-corrected chi connectivity index (χ2v) is 7.00. The minimum Gasteiger partial charge on any atom is -0.356 e. The Morgan fingerprint density at radius 2 is 1.96 bits per heavy atom. The molecule has 0 spiro atoms. The number of nitrogens with one attached hydrogen (secondary N) is 2. The summed E-state index contributed by atoms with van der Waals surface area (Å²) in [5.74, 6) is 0.863. The van der Waals surface area contributed by atoms with Crippen molar-refractivity contribution in [1.82, 2.24) is 20.5 Å². The summed E-state index contributed by atoms with van der Waals surface area (Å²) < 4.78 is 0. The number of fused-ring (bicyclic) bond motifs is 1. The topological polar surface area (TPSA) is 52.6 Å². The zero-order valence-electron chi connectivity index (χ0n) is 16.5. The van der Waals surface area contributed by atoms with E-state index in [1.54, 1.807) is 0 Å². The molecule has 0 bridgehead atoms. The van der Waals surface area contributed by atoms with E-state index in [9.17, 15) is 0 Å². The molecule has 1 aliphatic rings. The molecule has 0 amide bonds. The van der Waals surface area contributed by atoms with Crippen LogP contribution in [0.3, 0.4) is 0 Å². The minimum atomic E-state index is 0.507. The molecule has 5 heteroatoms. The maximum atomic E-state index is 4.36. The van der Waals surface area contributed by atoms with Gasteiger partial charge in [0.15, 0.2) is 5.96 Å². The van der Waals surface area contributed by atoms with Crippen LogP contribution in [0.5, 0.6) is 0 Å². The molecule has 0 radical (unpaired) electrons. The van der Waals surface area contributed by atoms with Gasteiger partial charge in [0, 0.05) is 57.6 Å². The third kappa shape index (κ3) is 5.54. The summed E-state index contributed by atoms with van der Waals surface area (Å²) in [5.41, 5.74) is 4.07. The van der Waals surface area contributed by atoms with Crippen LogP contribution in [0.15, 0.2) is 53.7 Å². The lowest BCUT2D eigenvalue weighted by Gasteiger charge is -2.35. The van der Waals surface area contributed by atoms with Crippen molar-refractivity contribution in [1.29, 1.82) is 0 Å². The summed E-state index contributed by atoms with van der Waals surface area (Å²) in [6.07, 6.45) is 5.00. The standard InChI is InChI=1S/C22H31N5/c1-3-21(27-15-12-18-8-4-5-9-19(18)17-27)16-26-22(23-2)25-14-11-20-10-6-7-13-24-20/h4-10,13,21H,3,11-12,14-17H2,1-2H3,(H2,23,25,26). The number of benzene rings is 1. The molecule has 27 heavy (non-hydrogen) atoms. The fourth-order valence-electron chi connectivity index (χ4n) is 3.65. The third-order valence-electron chi connectivity index (χ3n) is 5.28. The molecule has 2 heterocycles. The number of nitrogens with zero attached hydrogens (tertiary/aromatic N) is 3. The molecule has 0 saturated heterocycles. The van der Waals surface area contributed by atoms with Gasteiger partial charge in [0.2, 0.25) is 0 Å². The lowest BCUT2D eigenvalue weighted by molar-refractivity contribution is 0.174. The van der Waals surface area contributed by atoms with E-state index in [0.717, 1.165) is 57.1 Å². The summed E-state index contributed by atoms with van der Waals surface area (Å²) in [5, 5.41) is 6.90. The molecule has 0 fully saturated rings. The van der Waals surface area contributed by atoms with Crippen LogP contribution in [-0.4, -0.2) is 48.6 Å². The van der Waals surface area contributed by atoms with Crippen LogP contribution in [0, 0.1) is 0 Å². The van der Waals surface area contributed by atoms with E-state index < -0.39 is 0 Å². The van der Waals surface area contributed by atoms with E-state index in [1.807, 2.05) is 25.4 Å². The van der Waals surface area contributed by atoms with Gasteiger partial charge in [-0.1, -0.05) is 37.3 Å². The van der Waals surface area contributed by atoms with Gasteiger partial charge in [0.05, 0.1) is 0 Å². The van der Waals surface area contributed by atoms with Gasteiger partial charge in [-0.2, -0.15) is 0 Å². The van der Waals surface area contributed by atoms with E-state index in [1.165, 1.54) is 11.1 Å². The van der Waals surface area contributed by atoms with Gasteiger partial charge in [-0.3, -0.25) is 14.9 Å². The van der Waals surface area contributed by atoms with Crippen LogP contribution in [0.1, 0.15) is 30.2 Å². The van der Waals surface area contributed by atoms with Crippen molar-refractivity contribution < 1.29 is 0 Å². The Labute approximate surface area is 162 Å². The smallest absolute Gasteiger partial charge is 0.191 e. The van der Waals surface area contributed by atoms with Crippen LogP contribution < -0.4 is 10.6 Å². The lowest BCUT2D eigenvalue weighted by atomic mass is 9.98. The second kappa shape index (κ2) is 10.1. The van der Waals surface area contributed by atoms with Crippen molar-refractivity contribution in [2.75, 3.05) is 26.7 Å². The number of hydrogen-bond acceptors (Lipinski definition) is 3. The molecular weight excluding hydrogens is 334 g/mol. The fraction of sp³-hybridized carbons (Fsp3) is 0.455. The van der Waals surface area contributed by atoms with Crippen molar-refractivity contribution in [2.24, 2.45) is 4.99 Å². The van der Waals surface area contributed by atoms with E-state index in [0.29, 0.717) is 6.04 Å². The second-order valence-electron chi connectivity index (χ2n) is 7.00. The van der Waals surface area contributed by atoms with Gasteiger partial charge in [-0.05, 0) is 36.1 Å². The summed E-state index contributed by atoms with van der Waals surface area (Å²) in [6, 6.07) is 15.4. The monoisotopic (exact) mass is 365 g/mol. The van der Waals surface area contributed by atoms with Gasteiger partial charge in [-0.15, -0.1) is 0 Å². The SMILES string of the molecule is CCC(CNC(=NC)NCCc1ccccn1)N1CCc2ccccc2C1. The van der Waals surface area contributed by atoms with E-state index in [4.69, 9.17) is 0 Å². The zero-order valence-corrected chi connectivity index (χ0v) is 16.5. The highest BCUT2D eigenvalue weighted by Gasteiger charge is 2.22. The van der Waals surface area contributed by atoms with Crippen LogP contribution >= 0.6 is 0 Å². The van der Waals surface area contributed by atoms with Crippen molar-refractivity contribution in [3.63, 3.8) is 0 Å². The predicted octanol–water partition coefficient (Wildman–Crippen LogP) is 2.63. The Morgan fingerprint density at radius 3 is 2.70 bits per heavy atom. The van der Waals surface area contributed by atoms with Crippen LogP contribution in [0.4, 0.5) is 0 Å². The van der Waals surface area contributed by atoms with E-state index in [-0.39, 0.29) is 0 Å². The Kier molecular flexibility index (Phi) is 7.22. The third-order valence-corrected chi connectivity index (χ3v) is 5.28. The molecule has 2 aromatic rings. The molecule has 1 unspecified atom stereocenters. The summed E-state index contributed by atoms with van der Waals surface area (Å²) in [4.78, 5) is 11.3. The van der Waals surface area contributed by atoms with Crippen LogP contribution in [0.2, 0.25) is 0 Å². The van der Waals surface area contributed by atoms with Gasteiger partial charge in [-0.25, -0.2) is 0 Å². The van der Waals surface area contributed by atoms with Gasteiger partial charge >= 0.3 is 0 Å². The number of pyridine rings is 1. The number of aromatic nitrogens is 1. The summed E-state index contributed by atoms with van der Waals surface area (Å²) in [7, 11) is 1.83. The number of rotatable bonds is 7. The van der Waals surface area contributed by atoms with Gasteiger partial charge in [0.25, 0.3) is 0 Å². The maximum Gasteiger partial charge on any atom is 0.191 e. The van der Waals surface area contributed by atoms with Crippen molar-refractivity contribution in [3.05, 3.63) is 65.5 Å². The molecular formula is C22H31N5.